The number of benzene rings is 7. The Kier molecular flexibility index (Phi) is 57.1. The molecule has 22 nitrogen and oxygen atoms in total. The maximum absolute atomic E-state index is 11.6. The minimum absolute atomic E-state index is 0. The van der Waals surface area contributed by atoms with Crippen LogP contribution in [0.25, 0.3) is 22.8 Å². The van der Waals surface area contributed by atoms with Crippen LogP contribution in [0.15, 0.2) is 191 Å². The molecule has 0 bridgehead atoms. The topological polar surface area (TPSA) is 269 Å². The number of pyridine rings is 2. The molecule has 0 amide bonds. The Morgan fingerprint density at radius 3 is 1.40 bits per heavy atom. The van der Waals surface area contributed by atoms with Crippen LogP contribution in [0.5, 0.6) is 80.5 Å². The van der Waals surface area contributed by atoms with Gasteiger partial charge in [-0.3, -0.25) is 28.9 Å². The Morgan fingerprint density at radius 2 is 0.919 bits per heavy atom. The van der Waals surface area contributed by atoms with Crippen molar-refractivity contribution in [2.75, 3.05) is 77.5 Å². The quantitative estimate of drug-likeness (QED) is 0.0253. The van der Waals surface area contributed by atoms with Crippen LogP contribution in [0.2, 0.25) is 0 Å². The number of phenolic OH excluding ortho intramolecular Hbond substituents is 4. The summed E-state index contributed by atoms with van der Waals surface area (Å²) >= 11 is 37.0. The molecule has 4 aliphatic heterocycles. The van der Waals surface area contributed by atoms with Gasteiger partial charge in [-0.15, -0.1) is 58.9 Å². The first-order valence-corrected chi connectivity index (χ1v) is 49.8. The van der Waals surface area contributed by atoms with Gasteiger partial charge >= 0.3 is 22.0 Å². The monoisotopic (exact) mass is 2340 g/mol. The number of halogens is 11. The van der Waals surface area contributed by atoms with Crippen molar-refractivity contribution in [3.8, 4) is 103 Å². The van der Waals surface area contributed by atoms with E-state index in [9.17, 15) is 14.7 Å². The number of hydrogen-bond donors (Lipinski definition) is 4. The fraction of sp³-hybridized carbons (Fsp3) is 0.307. The van der Waals surface area contributed by atoms with E-state index in [1.165, 1.54) is 18.1 Å². The molecule has 7 aromatic carbocycles. The van der Waals surface area contributed by atoms with Gasteiger partial charge in [0.2, 0.25) is 0 Å². The van der Waals surface area contributed by atoms with E-state index >= 15 is 0 Å². The first kappa shape index (κ1) is 111. The summed E-state index contributed by atoms with van der Waals surface area (Å²) in [4.78, 5) is 31.1. The third-order valence-corrected chi connectivity index (χ3v) is 20.6. The smallest absolute Gasteiger partial charge is 0.508 e. The minimum atomic E-state index is 0. The molecule has 4 N–H and O–H groups in total. The summed E-state index contributed by atoms with van der Waals surface area (Å²) < 4.78 is 58.4. The van der Waals surface area contributed by atoms with Crippen LogP contribution in [0.4, 0.5) is 0 Å². The molecule has 0 fully saturated rings. The molecule has 658 valence electrons. The fourth-order valence-corrected chi connectivity index (χ4v) is 12.2. The molecule has 0 radical (unpaired) electrons. The van der Waals surface area contributed by atoms with E-state index in [2.05, 4.69) is 217 Å². The van der Waals surface area contributed by atoms with Gasteiger partial charge in [-0.1, -0.05) is 73.3 Å². The molecular weight excluding hydrogens is 2250 g/mol. The largest absolute Gasteiger partial charge is 1.00 e. The van der Waals surface area contributed by atoms with Crippen molar-refractivity contribution >= 4 is 183 Å². The second-order valence-electron chi connectivity index (χ2n) is 25.6. The number of ether oxygens (including phenoxy) is 10. The van der Waals surface area contributed by atoms with E-state index in [-0.39, 0.29) is 45.3 Å². The van der Waals surface area contributed by atoms with Crippen LogP contribution < -0.4 is 66.2 Å². The molecule has 123 heavy (non-hydrogen) atoms. The third-order valence-electron chi connectivity index (χ3n) is 16.8. The summed E-state index contributed by atoms with van der Waals surface area (Å²) in [6.45, 7) is 17.8. The number of carbonyl (C=O) groups excluding carboxylic acids is 2. The number of methoxy groups -OCH3 is 4. The molecule has 0 unspecified atom stereocenters. The number of fused-ring (bicyclic) bond motifs is 4. The first-order valence-electron chi connectivity index (χ1n) is 37.8. The summed E-state index contributed by atoms with van der Waals surface area (Å²) in [5.41, 5.74) is 10.7. The number of aldehydes is 2. The van der Waals surface area contributed by atoms with Gasteiger partial charge in [-0.2, -0.15) is 16.6 Å². The number of carbonyl (C=O) groups is 2. The zero-order valence-corrected chi connectivity index (χ0v) is 86.4. The summed E-state index contributed by atoms with van der Waals surface area (Å²) in [6.07, 6.45) is 14.3. The normalized spacial score (nSPS) is 11.2. The van der Waals surface area contributed by atoms with Crippen molar-refractivity contribution < 1.29 is 96.2 Å². The Bertz CT molecular complexity index is 4870. The van der Waals surface area contributed by atoms with Gasteiger partial charge in [0, 0.05) is 140 Å². The first-order chi connectivity index (χ1) is 58.9. The summed E-state index contributed by atoms with van der Waals surface area (Å²) in [5.74, 6) is 9.33. The second kappa shape index (κ2) is 63.5. The Hall–Kier alpha value is -6.45. The number of alkyl halides is 4. The Morgan fingerprint density at radius 1 is 0.504 bits per heavy atom. The van der Waals surface area contributed by atoms with Crippen LogP contribution in [0.1, 0.15) is 114 Å². The van der Waals surface area contributed by atoms with Crippen LogP contribution >= 0.6 is 167 Å². The predicted molar refractivity (Wildman–Crippen MR) is 524 cm³/mol. The zero-order chi connectivity index (χ0) is 89.9. The molecule has 0 aliphatic carbocycles. The van der Waals surface area contributed by atoms with E-state index in [1.54, 1.807) is 126 Å². The van der Waals surface area contributed by atoms with Crippen molar-refractivity contribution in [3.05, 3.63) is 243 Å². The van der Waals surface area contributed by atoms with Crippen molar-refractivity contribution in [2.24, 2.45) is 0 Å². The number of phenols is 4. The molecule has 11 aromatic rings. The molecule has 0 saturated carbocycles. The average molecular weight is 2350 g/mol. The van der Waals surface area contributed by atoms with Gasteiger partial charge in [-0.05, 0) is 211 Å². The standard InChI is InChI=1S/C21H21N3O3.C12H14ClN3.C9H10Br2O2.C9H8O3.C9H10O2.C8H8O2.C7H7BrO2.C7H8O2.C4H9.C2H4Br2.BBr3.Br2.Li/c1-14(2)24-18(7-10-23-24)21-15(4-3-9-22-21)13-27-20-6-5-19-16(8-11-26-19)17(20)12-25;1-9(2)16-11(5-7-15-16)12-10(8-13)4-3-6-14-12;1-12-7-2-3-9(8(11)6-7)13-5-4-10;10-5-7-6-3-4-12-9(6)2-1-8(7)11;1-10-8-2-3-9-7(6-8)4-5-11-9;9-7-1-2-8-6(5-7)3-4-10-8;1-10-5-2-3-7(9)6(8)4-5;1-9-7-4-2-6(8)3-5-7;1-3-4-2;3-1-2-4;2-1(3)4;1-2;/h3-7,9-10,12,14H,8,11,13H2,1-2H3;3-7,9H,8H2,1-2H3;2-3,6H,4-5H2,1H3;1-2,5,11H,3-4H2;2-3,6H,4-5H2,1H3;1-2,5,9H,3-4H2;2-4,9H,1H3;2-5,8H,1H3;1,3-4H2,2H3;1-2H2;;;/q;;;;;;;;-1;;;;+1. The molecule has 15 rings (SSSR count). The molecule has 8 heterocycles. The molecule has 0 spiro atoms. The minimum Gasteiger partial charge on any atom is -0.508 e. The van der Waals surface area contributed by atoms with Crippen molar-refractivity contribution in [1.29, 1.82) is 0 Å². The number of nitrogens with zero attached hydrogens (tertiary/aromatic N) is 6. The van der Waals surface area contributed by atoms with Crippen molar-refractivity contribution in [2.45, 2.75) is 97.7 Å². The number of unbranched alkanes of at least 4 members (excludes halogenated alkanes) is 1. The number of hydrogen-bond acceptors (Lipinski definition) is 20. The third kappa shape index (κ3) is 38.6. The Balaban J connectivity index is 0.000000363. The van der Waals surface area contributed by atoms with Crippen molar-refractivity contribution in [3.63, 3.8) is 0 Å². The van der Waals surface area contributed by atoms with Gasteiger partial charge < -0.3 is 74.7 Å². The van der Waals surface area contributed by atoms with Gasteiger partial charge in [0.15, 0.2) is 12.6 Å². The van der Waals surface area contributed by atoms with Gasteiger partial charge in [0.1, 0.15) is 87.1 Å². The molecule has 0 saturated heterocycles. The molecule has 4 aromatic heterocycles. The SMILES string of the molecule is BrB(Br)Br.BrBr.BrCCBr.CC(C)n1nccc1-c1ncccc1CCl.CC(C)n1nccc1-c1ncccc1COc1ccc2c(c1C=O)CCO2.COc1ccc(O)c(Br)c1.COc1ccc(O)cc1.COc1ccc(OCCBr)c(Br)c1.COc1ccc2c(c1)CCO2.O=Cc1c(O)ccc2c1CCO2.Oc1ccc2c(c1)CCO2.[CH2-]CCC.[Li+]. The fourth-order valence-electron chi connectivity index (χ4n) is 11.0. The molecule has 4 aliphatic rings. The van der Waals surface area contributed by atoms with Crippen LogP contribution in [-0.4, -0.2) is 143 Å². The Labute approximate surface area is 820 Å². The molecular formula is C88H99BBr10ClLiN6O16. The summed E-state index contributed by atoms with van der Waals surface area (Å²) in [6, 6.07) is 47.3. The van der Waals surface area contributed by atoms with Crippen molar-refractivity contribution in [1.82, 2.24) is 29.5 Å². The van der Waals surface area contributed by atoms with E-state index < -0.39 is 0 Å². The second-order valence-corrected chi connectivity index (χ2v) is 36.4. The molecule has 0 atom stereocenters. The van der Waals surface area contributed by atoms with E-state index in [0.29, 0.717) is 78.2 Å². The number of aromatic nitrogens is 6. The maximum atomic E-state index is 11.6. The van der Waals surface area contributed by atoms with Gasteiger partial charge in [-0.25, -0.2) is 0 Å². The van der Waals surface area contributed by atoms with Crippen LogP contribution in [0.3, 0.4) is 0 Å². The van der Waals surface area contributed by atoms with Crippen LogP contribution in [0, 0.1) is 6.92 Å². The van der Waals surface area contributed by atoms with E-state index in [0.717, 1.165) is 168 Å². The summed E-state index contributed by atoms with van der Waals surface area (Å²) in [7, 11) is 6.49. The average Bonchev–Trinajstić information content (AvgIpc) is 1.72. The van der Waals surface area contributed by atoms with E-state index in [4.69, 9.17) is 74.3 Å². The maximum Gasteiger partial charge on any atom is 1.00 e. The predicted octanol–water partition coefficient (Wildman–Crippen LogP) is 22.3. The summed E-state index contributed by atoms with van der Waals surface area (Å²) in [5, 5.41) is 47.8. The molecule has 35 heteroatoms. The van der Waals surface area contributed by atoms with Gasteiger partial charge in [0.05, 0.1) is 104 Å². The number of aromatic hydroxyl groups is 4. The van der Waals surface area contributed by atoms with E-state index in [1.807, 2.05) is 88.2 Å². The van der Waals surface area contributed by atoms with Crippen LogP contribution in [-0.2, 0) is 38.2 Å². The number of rotatable bonds is 19. The zero-order valence-electron chi connectivity index (χ0n) is 69.8. The van der Waals surface area contributed by atoms with Gasteiger partial charge in [0.25, 0.3) is 0 Å².